The lowest BCUT2D eigenvalue weighted by Crippen LogP contribution is -2.41. The first-order valence-corrected chi connectivity index (χ1v) is 9.38. The molecule has 1 atom stereocenters. The summed E-state index contributed by atoms with van der Waals surface area (Å²) in [4.78, 5) is 11.7. The topological polar surface area (TPSA) is 65.0 Å². The molecule has 3 rings (SSSR count). The van der Waals surface area contributed by atoms with Crippen molar-refractivity contribution >= 4 is 23.9 Å². The summed E-state index contributed by atoms with van der Waals surface area (Å²) in [6.07, 6.45) is -0.106. The molecule has 144 valence electrons. The van der Waals surface area contributed by atoms with Gasteiger partial charge in [-0.25, -0.2) is 0 Å². The lowest BCUT2D eigenvalue weighted by atomic mass is 9.65. The van der Waals surface area contributed by atoms with Gasteiger partial charge in [-0.2, -0.15) is 0 Å². The van der Waals surface area contributed by atoms with Crippen LogP contribution in [-0.4, -0.2) is 36.0 Å². The van der Waals surface area contributed by atoms with Crippen molar-refractivity contribution in [2.24, 2.45) is 0 Å². The van der Waals surface area contributed by atoms with Crippen LogP contribution >= 0.6 is 0 Å². The van der Waals surface area contributed by atoms with E-state index >= 15 is 0 Å². The van der Waals surface area contributed by atoms with Gasteiger partial charge in [0.05, 0.1) is 24.2 Å². The van der Waals surface area contributed by atoms with Crippen LogP contribution in [-0.2, 0) is 14.1 Å². The summed E-state index contributed by atoms with van der Waals surface area (Å²) in [6.45, 7) is 10.3. The molecule has 2 aromatic rings. The van der Waals surface area contributed by atoms with Crippen molar-refractivity contribution in [3.05, 3.63) is 42.0 Å². The van der Waals surface area contributed by atoms with E-state index in [1.165, 1.54) is 0 Å². The number of fused-ring (bicyclic) bond motifs is 1. The Morgan fingerprint density at radius 1 is 1.11 bits per heavy atom. The minimum absolute atomic E-state index is 0.106. The molecule has 1 heterocycles. The lowest BCUT2D eigenvalue weighted by Gasteiger charge is -2.32. The molecule has 1 unspecified atom stereocenters. The number of hydrogen-bond acceptors (Lipinski definition) is 4. The standard InChI is InChI=1S/C21H27BO5/c1-6-25-17-12-11-14-9-7-8-10-15(14)19(17)16(13-18(23)24)22-26-20(2,3)21(4,5)27-22/h7-12,16H,6,13H2,1-5H3,(H,23,24). The second kappa shape index (κ2) is 7.17. The second-order valence-corrected chi connectivity index (χ2v) is 7.96. The van der Waals surface area contributed by atoms with Crippen LogP contribution in [0.4, 0.5) is 0 Å². The molecule has 1 aliphatic heterocycles. The van der Waals surface area contributed by atoms with Gasteiger partial charge in [-0.1, -0.05) is 30.3 Å². The van der Waals surface area contributed by atoms with E-state index in [4.69, 9.17) is 14.0 Å². The third-order valence-electron chi connectivity index (χ3n) is 5.60. The van der Waals surface area contributed by atoms with E-state index < -0.39 is 30.1 Å². The number of rotatable bonds is 6. The summed E-state index contributed by atoms with van der Waals surface area (Å²) < 4.78 is 18.3. The fraction of sp³-hybridized carbons (Fsp3) is 0.476. The quantitative estimate of drug-likeness (QED) is 0.763. The molecule has 0 amide bonds. The Bertz CT molecular complexity index is 830. The highest BCUT2D eigenvalue weighted by atomic mass is 16.7. The first-order chi connectivity index (χ1) is 12.7. The third kappa shape index (κ3) is 3.69. The molecular weight excluding hydrogens is 343 g/mol. The Hall–Kier alpha value is -2.05. The minimum Gasteiger partial charge on any atom is -0.494 e. The molecule has 0 bridgehead atoms. The number of ether oxygens (including phenoxy) is 1. The average molecular weight is 370 g/mol. The van der Waals surface area contributed by atoms with Gasteiger partial charge in [-0.15, -0.1) is 0 Å². The summed E-state index contributed by atoms with van der Waals surface area (Å²) in [5, 5.41) is 11.6. The van der Waals surface area contributed by atoms with Crippen LogP contribution in [0.5, 0.6) is 5.75 Å². The predicted octanol–water partition coefficient (Wildman–Crippen LogP) is 4.43. The zero-order valence-electron chi connectivity index (χ0n) is 16.6. The molecule has 0 saturated carbocycles. The molecule has 0 radical (unpaired) electrons. The summed E-state index contributed by atoms with van der Waals surface area (Å²) in [6, 6.07) is 11.8. The van der Waals surface area contributed by atoms with E-state index in [1.54, 1.807) is 0 Å². The van der Waals surface area contributed by atoms with Crippen molar-refractivity contribution in [1.29, 1.82) is 0 Å². The molecule has 27 heavy (non-hydrogen) atoms. The van der Waals surface area contributed by atoms with E-state index in [1.807, 2.05) is 71.0 Å². The molecule has 5 nitrogen and oxygen atoms in total. The van der Waals surface area contributed by atoms with E-state index in [2.05, 4.69) is 0 Å². The first-order valence-electron chi connectivity index (χ1n) is 9.38. The van der Waals surface area contributed by atoms with Crippen LogP contribution in [0.2, 0.25) is 0 Å². The Morgan fingerprint density at radius 3 is 2.33 bits per heavy atom. The van der Waals surface area contributed by atoms with Crippen molar-refractivity contribution in [1.82, 2.24) is 0 Å². The number of carboxylic acids is 1. The molecular formula is C21H27BO5. The Kier molecular flexibility index (Phi) is 5.23. The SMILES string of the molecule is CCOc1ccc2ccccc2c1C(CC(=O)O)B1OC(C)(C)C(C)(C)O1. The number of aliphatic carboxylic acids is 1. The van der Waals surface area contributed by atoms with Gasteiger partial charge >= 0.3 is 13.1 Å². The smallest absolute Gasteiger partial charge is 0.466 e. The van der Waals surface area contributed by atoms with Crippen molar-refractivity contribution in [3.63, 3.8) is 0 Å². The number of hydrogen-bond donors (Lipinski definition) is 1. The number of carbonyl (C=O) groups is 1. The highest BCUT2D eigenvalue weighted by Crippen LogP contribution is 2.45. The summed E-state index contributed by atoms with van der Waals surface area (Å²) in [5.74, 6) is -0.710. The zero-order valence-corrected chi connectivity index (χ0v) is 16.6. The van der Waals surface area contributed by atoms with Gasteiger partial charge in [0.1, 0.15) is 5.75 Å². The highest BCUT2D eigenvalue weighted by Gasteiger charge is 2.54. The maximum atomic E-state index is 11.7. The Morgan fingerprint density at radius 2 is 1.74 bits per heavy atom. The largest absolute Gasteiger partial charge is 0.494 e. The van der Waals surface area contributed by atoms with Gasteiger partial charge in [-0.05, 0) is 51.5 Å². The lowest BCUT2D eigenvalue weighted by molar-refractivity contribution is -0.137. The van der Waals surface area contributed by atoms with Gasteiger partial charge in [0.2, 0.25) is 0 Å². The normalized spacial score (nSPS) is 19.2. The molecule has 1 fully saturated rings. The van der Waals surface area contributed by atoms with Gasteiger partial charge < -0.3 is 19.2 Å². The summed E-state index contributed by atoms with van der Waals surface area (Å²) >= 11 is 0. The van der Waals surface area contributed by atoms with Crippen LogP contribution in [0.25, 0.3) is 10.8 Å². The fourth-order valence-corrected chi connectivity index (χ4v) is 3.51. The first kappa shape index (κ1) is 19.7. The highest BCUT2D eigenvalue weighted by molar-refractivity contribution is 6.48. The molecule has 1 saturated heterocycles. The van der Waals surface area contributed by atoms with Crippen molar-refractivity contribution < 1.29 is 23.9 Å². The second-order valence-electron chi connectivity index (χ2n) is 7.96. The molecule has 0 spiro atoms. The van der Waals surface area contributed by atoms with Crippen molar-refractivity contribution in [2.45, 2.75) is 58.1 Å². The van der Waals surface area contributed by atoms with Gasteiger partial charge in [0.15, 0.2) is 0 Å². The van der Waals surface area contributed by atoms with Gasteiger partial charge in [0.25, 0.3) is 0 Å². The monoisotopic (exact) mass is 370 g/mol. The van der Waals surface area contributed by atoms with E-state index in [-0.39, 0.29) is 6.42 Å². The number of benzene rings is 2. The average Bonchev–Trinajstić information content (AvgIpc) is 2.80. The van der Waals surface area contributed by atoms with Gasteiger partial charge in [0, 0.05) is 11.4 Å². The Balaban J connectivity index is 2.16. The zero-order chi connectivity index (χ0) is 19.8. The molecule has 6 heteroatoms. The maximum Gasteiger partial charge on any atom is 0.466 e. The van der Waals surface area contributed by atoms with Crippen LogP contribution in [0.3, 0.4) is 0 Å². The molecule has 1 N–H and O–H groups in total. The molecule has 0 aromatic heterocycles. The van der Waals surface area contributed by atoms with Crippen LogP contribution in [0, 0.1) is 0 Å². The minimum atomic E-state index is -0.898. The Labute approximate surface area is 160 Å². The third-order valence-corrected chi connectivity index (χ3v) is 5.60. The molecule has 0 aliphatic carbocycles. The van der Waals surface area contributed by atoms with E-state index in [9.17, 15) is 9.90 Å². The van der Waals surface area contributed by atoms with Crippen molar-refractivity contribution in [2.75, 3.05) is 6.61 Å². The predicted molar refractivity (Wildman–Crippen MR) is 106 cm³/mol. The summed E-state index contributed by atoms with van der Waals surface area (Å²) in [5.41, 5.74) is -0.244. The molecule has 1 aliphatic rings. The van der Waals surface area contributed by atoms with Crippen LogP contribution in [0.1, 0.15) is 52.4 Å². The summed E-state index contributed by atoms with van der Waals surface area (Å²) in [7, 11) is -0.670. The van der Waals surface area contributed by atoms with Crippen LogP contribution in [0.15, 0.2) is 36.4 Å². The number of carboxylic acid groups (broad SMARTS) is 1. The van der Waals surface area contributed by atoms with Crippen molar-refractivity contribution in [3.8, 4) is 5.75 Å². The van der Waals surface area contributed by atoms with E-state index in [0.29, 0.717) is 12.4 Å². The van der Waals surface area contributed by atoms with Gasteiger partial charge in [-0.3, -0.25) is 4.79 Å². The van der Waals surface area contributed by atoms with E-state index in [0.717, 1.165) is 16.3 Å². The maximum absolute atomic E-state index is 11.7. The molecule has 2 aromatic carbocycles. The fourth-order valence-electron chi connectivity index (χ4n) is 3.51. The van der Waals surface area contributed by atoms with Crippen LogP contribution < -0.4 is 4.74 Å².